The molecule has 1 saturated heterocycles. The van der Waals surface area contributed by atoms with Crippen LogP contribution in [0.15, 0.2) is 0 Å². The Bertz CT molecular complexity index is 91.3. The van der Waals surface area contributed by atoms with Gasteiger partial charge in [-0.15, -0.1) is 0 Å². The zero-order valence-electron chi connectivity index (χ0n) is 7.03. The van der Waals surface area contributed by atoms with E-state index in [2.05, 4.69) is 12.7 Å². The van der Waals surface area contributed by atoms with Crippen molar-refractivity contribution in [1.29, 1.82) is 0 Å². The Hall–Kier alpha value is -0.0800. The van der Waals surface area contributed by atoms with Gasteiger partial charge in [-0.1, -0.05) is 0 Å². The largest absolute Gasteiger partial charge is 0.353 e. The van der Waals surface area contributed by atoms with Gasteiger partial charge in [-0.3, -0.25) is 0 Å². The van der Waals surface area contributed by atoms with E-state index in [9.17, 15) is 0 Å². The summed E-state index contributed by atoms with van der Waals surface area (Å²) in [5, 5.41) is 0. The van der Waals surface area contributed by atoms with Gasteiger partial charge >= 0.3 is 0 Å². The number of hydrogen-bond donors (Lipinski definition) is 2. The van der Waals surface area contributed by atoms with E-state index in [4.69, 9.17) is 0 Å². The topological polar surface area (TPSA) is 32.1 Å². The summed E-state index contributed by atoms with van der Waals surface area (Å²) in [6.45, 7) is 6.13. The van der Waals surface area contributed by atoms with Gasteiger partial charge in [-0.05, 0) is 26.2 Å². The van der Waals surface area contributed by atoms with Crippen molar-refractivity contribution in [3.8, 4) is 0 Å². The molecule has 0 spiro atoms. The van der Waals surface area contributed by atoms with Crippen molar-refractivity contribution in [2.75, 3.05) is 19.6 Å². The highest BCUT2D eigenvalue weighted by molar-refractivity contribution is 4.54. The first kappa shape index (κ1) is 8.02. The highest BCUT2D eigenvalue weighted by Gasteiger charge is 2.20. The summed E-state index contributed by atoms with van der Waals surface area (Å²) in [7, 11) is 0. The van der Waals surface area contributed by atoms with Gasteiger partial charge in [0, 0.05) is 0 Å². The maximum Gasteiger partial charge on any atom is 0.127 e. The second-order valence-corrected chi connectivity index (χ2v) is 3.41. The van der Waals surface area contributed by atoms with E-state index in [1.807, 2.05) is 0 Å². The van der Waals surface area contributed by atoms with Crippen LogP contribution < -0.4 is 10.6 Å². The quantitative estimate of drug-likeness (QED) is 0.482. The Labute approximate surface area is 63.4 Å². The summed E-state index contributed by atoms with van der Waals surface area (Å²) in [6, 6.07) is 0.899. The van der Waals surface area contributed by atoms with Gasteiger partial charge in [-0.2, -0.15) is 0 Å². The lowest BCUT2D eigenvalue weighted by Gasteiger charge is -2.28. The molecule has 60 valence electrons. The number of piperidine rings is 1. The van der Waals surface area contributed by atoms with Crippen LogP contribution in [0.25, 0.3) is 0 Å². The third kappa shape index (κ3) is 1.96. The highest BCUT2D eigenvalue weighted by atomic mass is 15.2. The fourth-order valence-electron chi connectivity index (χ4n) is 1.85. The average Bonchev–Trinajstić information content (AvgIpc) is 1.94. The molecule has 4 N–H and O–H groups in total. The molecule has 0 aromatic carbocycles. The van der Waals surface area contributed by atoms with Gasteiger partial charge in [0.25, 0.3) is 0 Å². The van der Waals surface area contributed by atoms with Crippen LogP contribution in [0.5, 0.6) is 0 Å². The first-order valence-corrected chi connectivity index (χ1v) is 4.48. The van der Waals surface area contributed by atoms with E-state index in [1.54, 1.807) is 4.90 Å². The van der Waals surface area contributed by atoms with E-state index < -0.39 is 0 Å². The summed E-state index contributed by atoms with van der Waals surface area (Å²) in [5.41, 5.74) is 3.89. The molecular weight excluding hydrogens is 124 g/mol. The molecule has 0 aromatic heterocycles. The molecular formula is C8H20N2+2. The Morgan fingerprint density at radius 1 is 1.50 bits per heavy atom. The number of quaternary nitrogens is 2. The fourth-order valence-corrected chi connectivity index (χ4v) is 1.85. The smallest absolute Gasteiger partial charge is 0.127 e. The predicted octanol–water partition coefficient (Wildman–Crippen LogP) is -1.31. The predicted molar refractivity (Wildman–Crippen MR) is 41.8 cm³/mol. The normalized spacial score (nSPS) is 34.2. The first-order valence-electron chi connectivity index (χ1n) is 4.48. The van der Waals surface area contributed by atoms with Crippen LogP contribution >= 0.6 is 0 Å². The van der Waals surface area contributed by atoms with Crippen molar-refractivity contribution < 1.29 is 10.6 Å². The molecule has 0 aromatic rings. The molecule has 2 nitrogen and oxygen atoms in total. The Morgan fingerprint density at radius 2 is 2.30 bits per heavy atom. The average molecular weight is 144 g/mol. The van der Waals surface area contributed by atoms with Crippen molar-refractivity contribution >= 4 is 0 Å². The molecule has 1 fully saturated rings. The maximum absolute atomic E-state index is 3.89. The number of likely N-dealkylation sites (tertiary alicyclic amines) is 1. The van der Waals surface area contributed by atoms with Crippen molar-refractivity contribution in [2.24, 2.45) is 0 Å². The van der Waals surface area contributed by atoms with Crippen molar-refractivity contribution in [1.82, 2.24) is 0 Å². The van der Waals surface area contributed by atoms with E-state index in [-0.39, 0.29) is 0 Å². The van der Waals surface area contributed by atoms with Gasteiger partial charge in [0.05, 0.1) is 12.6 Å². The second kappa shape index (κ2) is 3.94. The lowest BCUT2D eigenvalue weighted by Crippen LogP contribution is -3.17. The Kier molecular flexibility index (Phi) is 3.16. The SMILES string of the molecule is C[C@@H]1CCCC[NH+]1CC[NH3+]. The third-order valence-electron chi connectivity index (χ3n) is 2.58. The van der Waals surface area contributed by atoms with Gasteiger partial charge in [0.1, 0.15) is 13.1 Å². The molecule has 2 atom stereocenters. The Morgan fingerprint density at radius 3 is 2.90 bits per heavy atom. The fraction of sp³-hybridized carbons (Fsp3) is 1.00. The van der Waals surface area contributed by atoms with Crippen molar-refractivity contribution in [3.63, 3.8) is 0 Å². The second-order valence-electron chi connectivity index (χ2n) is 3.41. The standard InChI is InChI=1S/C8H18N2/c1-8-4-2-3-6-10(8)7-5-9/h8H,2-7,9H2,1H3/p+2/t8-/m1/s1. The van der Waals surface area contributed by atoms with Crippen molar-refractivity contribution in [2.45, 2.75) is 32.2 Å². The minimum absolute atomic E-state index is 0.899. The van der Waals surface area contributed by atoms with Crippen LogP contribution in [0, 0.1) is 0 Å². The molecule has 0 saturated carbocycles. The summed E-state index contributed by atoms with van der Waals surface area (Å²) < 4.78 is 0. The van der Waals surface area contributed by atoms with E-state index in [1.165, 1.54) is 32.4 Å². The molecule has 1 heterocycles. The molecule has 0 radical (unpaired) electrons. The molecule has 10 heavy (non-hydrogen) atoms. The molecule has 1 rings (SSSR count). The van der Waals surface area contributed by atoms with E-state index in [0.29, 0.717) is 0 Å². The number of rotatable bonds is 2. The molecule has 1 unspecified atom stereocenters. The summed E-state index contributed by atoms with van der Waals surface area (Å²) >= 11 is 0. The summed E-state index contributed by atoms with van der Waals surface area (Å²) in [6.07, 6.45) is 4.30. The van der Waals surface area contributed by atoms with Crippen LogP contribution in [-0.4, -0.2) is 25.7 Å². The van der Waals surface area contributed by atoms with Crippen LogP contribution in [0.1, 0.15) is 26.2 Å². The Balaban J connectivity index is 2.25. The number of nitrogens with one attached hydrogen (secondary N) is 1. The lowest BCUT2D eigenvalue weighted by atomic mass is 10.0. The zero-order chi connectivity index (χ0) is 7.40. The van der Waals surface area contributed by atoms with Crippen LogP contribution in [0.2, 0.25) is 0 Å². The zero-order valence-corrected chi connectivity index (χ0v) is 7.03. The minimum atomic E-state index is 0.899. The van der Waals surface area contributed by atoms with Crippen LogP contribution in [-0.2, 0) is 0 Å². The van der Waals surface area contributed by atoms with E-state index in [0.717, 1.165) is 12.6 Å². The van der Waals surface area contributed by atoms with Gasteiger partial charge in [-0.25, -0.2) is 0 Å². The van der Waals surface area contributed by atoms with Crippen LogP contribution in [0.3, 0.4) is 0 Å². The monoisotopic (exact) mass is 144 g/mol. The minimum Gasteiger partial charge on any atom is -0.353 e. The van der Waals surface area contributed by atoms with Crippen LogP contribution in [0.4, 0.5) is 0 Å². The van der Waals surface area contributed by atoms with Gasteiger partial charge in [0.15, 0.2) is 0 Å². The molecule has 1 aliphatic rings. The van der Waals surface area contributed by atoms with Crippen molar-refractivity contribution in [3.05, 3.63) is 0 Å². The molecule has 0 bridgehead atoms. The molecule has 0 aliphatic carbocycles. The van der Waals surface area contributed by atoms with E-state index >= 15 is 0 Å². The molecule has 2 heteroatoms. The summed E-state index contributed by atoms with van der Waals surface area (Å²) in [5.74, 6) is 0. The molecule has 1 aliphatic heterocycles. The van der Waals surface area contributed by atoms with Gasteiger partial charge in [0.2, 0.25) is 0 Å². The number of hydrogen-bond acceptors (Lipinski definition) is 0. The molecule has 0 amide bonds. The first-order chi connectivity index (χ1) is 4.84. The van der Waals surface area contributed by atoms with Gasteiger partial charge < -0.3 is 10.6 Å². The maximum atomic E-state index is 3.89. The highest BCUT2D eigenvalue weighted by Crippen LogP contribution is 2.00. The third-order valence-corrected chi connectivity index (χ3v) is 2.58. The summed E-state index contributed by atoms with van der Waals surface area (Å²) in [4.78, 5) is 1.78. The lowest BCUT2D eigenvalue weighted by molar-refractivity contribution is -0.933.